The Bertz CT molecular complexity index is 409. The Morgan fingerprint density at radius 2 is 2.19 bits per heavy atom. The van der Waals surface area contributed by atoms with Crippen molar-refractivity contribution in [3.63, 3.8) is 0 Å². The van der Waals surface area contributed by atoms with E-state index < -0.39 is 11.6 Å². The SMILES string of the molecule is O=C1CC[C@@H](COc2ccc(F)c(F)c2)N1. The first-order valence-corrected chi connectivity index (χ1v) is 5.02. The molecule has 1 N–H and O–H groups in total. The minimum absolute atomic E-state index is 0.00103. The van der Waals surface area contributed by atoms with Crippen molar-refractivity contribution in [1.82, 2.24) is 5.32 Å². The molecule has 0 aliphatic carbocycles. The van der Waals surface area contributed by atoms with Crippen molar-refractivity contribution in [3.8, 4) is 5.75 Å². The first-order valence-electron chi connectivity index (χ1n) is 5.02. The Balaban J connectivity index is 1.89. The molecular weight excluding hydrogens is 216 g/mol. The van der Waals surface area contributed by atoms with Gasteiger partial charge >= 0.3 is 0 Å². The van der Waals surface area contributed by atoms with Crippen LogP contribution in [0.1, 0.15) is 12.8 Å². The van der Waals surface area contributed by atoms with Gasteiger partial charge in [0.05, 0.1) is 6.04 Å². The maximum absolute atomic E-state index is 12.8. The molecule has 86 valence electrons. The maximum atomic E-state index is 12.8. The molecule has 2 rings (SSSR count). The number of nitrogens with one attached hydrogen (secondary N) is 1. The number of carbonyl (C=O) groups excluding carboxylic acids is 1. The largest absolute Gasteiger partial charge is 0.491 e. The molecule has 16 heavy (non-hydrogen) atoms. The van der Waals surface area contributed by atoms with E-state index in [4.69, 9.17) is 4.74 Å². The highest BCUT2D eigenvalue weighted by atomic mass is 19.2. The second-order valence-corrected chi connectivity index (χ2v) is 3.69. The van der Waals surface area contributed by atoms with Crippen LogP contribution in [0.25, 0.3) is 0 Å². The second-order valence-electron chi connectivity index (χ2n) is 3.69. The van der Waals surface area contributed by atoms with Crippen LogP contribution in [0.5, 0.6) is 5.75 Å². The summed E-state index contributed by atoms with van der Waals surface area (Å²) < 4.78 is 30.7. The van der Waals surface area contributed by atoms with Crippen LogP contribution in [0, 0.1) is 11.6 Å². The van der Waals surface area contributed by atoms with E-state index in [0.717, 1.165) is 12.1 Å². The van der Waals surface area contributed by atoms with Gasteiger partial charge in [-0.15, -0.1) is 0 Å². The van der Waals surface area contributed by atoms with Gasteiger partial charge < -0.3 is 10.1 Å². The normalized spacial score (nSPS) is 19.6. The van der Waals surface area contributed by atoms with Gasteiger partial charge in [-0.1, -0.05) is 0 Å². The molecule has 1 aliphatic rings. The van der Waals surface area contributed by atoms with E-state index in [1.54, 1.807) is 0 Å². The van der Waals surface area contributed by atoms with Crippen molar-refractivity contribution in [1.29, 1.82) is 0 Å². The molecule has 1 saturated heterocycles. The molecule has 1 fully saturated rings. The second kappa shape index (κ2) is 4.47. The zero-order valence-electron chi connectivity index (χ0n) is 8.50. The van der Waals surface area contributed by atoms with Crippen LogP contribution in [0.15, 0.2) is 18.2 Å². The molecule has 0 saturated carbocycles. The third-order valence-corrected chi connectivity index (χ3v) is 2.43. The highest BCUT2D eigenvalue weighted by molar-refractivity contribution is 5.78. The summed E-state index contributed by atoms with van der Waals surface area (Å²) in [6, 6.07) is 3.32. The van der Waals surface area contributed by atoms with Crippen molar-refractivity contribution < 1.29 is 18.3 Å². The zero-order valence-corrected chi connectivity index (χ0v) is 8.50. The Morgan fingerprint density at radius 1 is 1.38 bits per heavy atom. The van der Waals surface area contributed by atoms with Gasteiger partial charge in [0.2, 0.25) is 5.91 Å². The number of benzene rings is 1. The van der Waals surface area contributed by atoms with Crippen LogP contribution in [-0.2, 0) is 4.79 Å². The average Bonchev–Trinajstić information content (AvgIpc) is 2.66. The molecule has 5 heteroatoms. The summed E-state index contributed by atoms with van der Waals surface area (Å²) in [5.41, 5.74) is 0. The van der Waals surface area contributed by atoms with Gasteiger partial charge in [0.1, 0.15) is 12.4 Å². The predicted octanol–water partition coefficient (Wildman–Crippen LogP) is 1.62. The van der Waals surface area contributed by atoms with Crippen molar-refractivity contribution in [2.45, 2.75) is 18.9 Å². The Labute approximate surface area is 91.4 Å². The Kier molecular flexibility index (Phi) is 3.03. The predicted molar refractivity (Wildman–Crippen MR) is 53.0 cm³/mol. The van der Waals surface area contributed by atoms with Crippen LogP contribution >= 0.6 is 0 Å². The van der Waals surface area contributed by atoms with E-state index in [0.29, 0.717) is 12.8 Å². The fourth-order valence-electron chi connectivity index (χ4n) is 1.57. The van der Waals surface area contributed by atoms with Gasteiger partial charge in [-0.25, -0.2) is 8.78 Å². The number of hydrogen-bond acceptors (Lipinski definition) is 2. The molecule has 1 aromatic rings. The van der Waals surface area contributed by atoms with E-state index in [1.165, 1.54) is 6.07 Å². The number of hydrogen-bond donors (Lipinski definition) is 1. The molecular formula is C11H11F2NO2. The Morgan fingerprint density at radius 3 is 2.81 bits per heavy atom. The molecule has 0 bridgehead atoms. The summed E-state index contributed by atoms with van der Waals surface area (Å²) >= 11 is 0. The summed E-state index contributed by atoms with van der Waals surface area (Å²) in [4.78, 5) is 10.9. The first kappa shape index (κ1) is 10.9. The highest BCUT2D eigenvalue weighted by Crippen LogP contribution is 2.16. The van der Waals surface area contributed by atoms with Gasteiger partial charge in [-0.2, -0.15) is 0 Å². The van der Waals surface area contributed by atoms with Crippen molar-refractivity contribution in [2.24, 2.45) is 0 Å². The van der Waals surface area contributed by atoms with Crippen LogP contribution < -0.4 is 10.1 Å². The Hall–Kier alpha value is -1.65. The first-order chi connectivity index (χ1) is 7.65. The lowest BCUT2D eigenvalue weighted by atomic mass is 10.2. The summed E-state index contributed by atoms with van der Waals surface area (Å²) in [6.45, 7) is 0.275. The van der Waals surface area contributed by atoms with Crippen molar-refractivity contribution >= 4 is 5.91 Å². The quantitative estimate of drug-likeness (QED) is 0.852. The summed E-state index contributed by atoms with van der Waals surface area (Å²) in [5, 5.41) is 2.72. The molecule has 0 radical (unpaired) electrons. The smallest absolute Gasteiger partial charge is 0.220 e. The molecule has 1 amide bonds. The van der Waals surface area contributed by atoms with Crippen molar-refractivity contribution in [3.05, 3.63) is 29.8 Å². The zero-order chi connectivity index (χ0) is 11.5. The van der Waals surface area contributed by atoms with E-state index in [-0.39, 0.29) is 24.3 Å². The van der Waals surface area contributed by atoms with Gasteiger partial charge in [0, 0.05) is 12.5 Å². The molecule has 1 aromatic carbocycles. The lowest BCUT2D eigenvalue weighted by Crippen LogP contribution is -2.30. The summed E-state index contributed by atoms with van der Waals surface area (Å²) in [6.07, 6.45) is 1.20. The minimum Gasteiger partial charge on any atom is -0.491 e. The van der Waals surface area contributed by atoms with Crippen LogP contribution in [0.4, 0.5) is 8.78 Å². The van der Waals surface area contributed by atoms with Crippen LogP contribution in [0.2, 0.25) is 0 Å². The lowest BCUT2D eigenvalue weighted by Gasteiger charge is -2.11. The molecule has 0 spiro atoms. The van der Waals surface area contributed by atoms with Gasteiger partial charge in [0.25, 0.3) is 0 Å². The highest BCUT2D eigenvalue weighted by Gasteiger charge is 2.21. The fourth-order valence-corrected chi connectivity index (χ4v) is 1.57. The number of halogens is 2. The number of ether oxygens (including phenoxy) is 1. The number of rotatable bonds is 3. The monoisotopic (exact) mass is 227 g/mol. The van der Waals surface area contributed by atoms with Gasteiger partial charge in [-0.3, -0.25) is 4.79 Å². The lowest BCUT2D eigenvalue weighted by molar-refractivity contribution is -0.119. The third kappa shape index (κ3) is 2.48. The fraction of sp³-hybridized carbons (Fsp3) is 0.364. The molecule has 0 unspecified atom stereocenters. The number of amides is 1. The molecule has 3 nitrogen and oxygen atoms in total. The van der Waals surface area contributed by atoms with Gasteiger partial charge in [0.15, 0.2) is 11.6 Å². The van der Waals surface area contributed by atoms with E-state index >= 15 is 0 Å². The van der Waals surface area contributed by atoms with Gasteiger partial charge in [-0.05, 0) is 18.6 Å². The van der Waals surface area contributed by atoms with E-state index in [2.05, 4.69) is 5.32 Å². The van der Waals surface area contributed by atoms with Crippen LogP contribution in [-0.4, -0.2) is 18.6 Å². The summed E-state index contributed by atoms with van der Waals surface area (Å²) in [7, 11) is 0. The molecule has 1 atom stereocenters. The standard InChI is InChI=1S/C11H11F2NO2/c12-9-3-2-8(5-10(9)13)16-6-7-1-4-11(15)14-7/h2-3,5,7H,1,4,6H2,(H,14,15)/t7-/m0/s1. The van der Waals surface area contributed by atoms with E-state index in [1.807, 2.05) is 0 Å². The van der Waals surface area contributed by atoms with Crippen LogP contribution in [0.3, 0.4) is 0 Å². The van der Waals surface area contributed by atoms with Crippen molar-refractivity contribution in [2.75, 3.05) is 6.61 Å². The third-order valence-electron chi connectivity index (χ3n) is 2.43. The molecule has 0 aromatic heterocycles. The molecule has 1 aliphatic heterocycles. The average molecular weight is 227 g/mol. The summed E-state index contributed by atoms with van der Waals surface area (Å²) in [5.74, 6) is -1.58. The topological polar surface area (TPSA) is 38.3 Å². The maximum Gasteiger partial charge on any atom is 0.220 e. The minimum atomic E-state index is -0.937. The van der Waals surface area contributed by atoms with E-state index in [9.17, 15) is 13.6 Å². The molecule has 1 heterocycles. The number of carbonyl (C=O) groups is 1.